The van der Waals surface area contributed by atoms with Crippen molar-refractivity contribution >= 4 is 0 Å². The Kier molecular flexibility index (Phi) is 3.30. The minimum absolute atomic E-state index is 0.303. The van der Waals surface area contributed by atoms with Gasteiger partial charge in [-0.05, 0) is 30.7 Å². The van der Waals surface area contributed by atoms with Gasteiger partial charge in [0, 0.05) is 11.6 Å². The SMILES string of the molecule is N[C@@H](C[C@@H]1c2ccccc2-c2cncn21)C1CCCCC1. The molecule has 0 bridgehead atoms. The molecular formula is C18H23N3. The van der Waals surface area contributed by atoms with Crippen LogP contribution in [-0.2, 0) is 0 Å². The molecular weight excluding hydrogens is 258 g/mol. The molecule has 0 saturated heterocycles. The Morgan fingerprint density at radius 3 is 2.86 bits per heavy atom. The van der Waals surface area contributed by atoms with E-state index in [0.717, 1.165) is 6.42 Å². The van der Waals surface area contributed by atoms with E-state index in [4.69, 9.17) is 5.73 Å². The van der Waals surface area contributed by atoms with E-state index >= 15 is 0 Å². The largest absolute Gasteiger partial charge is 0.327 e. The van der Waals surface area contributed by atoms with Crippen LogP contribution < -0.4 is 5.73 Å². The zero-order valence-electron chi connectivity index (χ0n) is 12.4. The zero-order chi connectivity index (χ0) is 14.2. The number of imidazole rings is 1. The van der Waals surface area contributed by atoms with E-state index in [9.17, 15) is 0 Å². The summed E-state index contributed by atoms with van der Waals surface area (Å²) in [4.78, 5) is 4.33. The Balaban J connectivity index is 1.60. The van der Waals surface area contributed by atoms with Crippen LogP contribution in [0.1, 0.15) is 50.1 Å². The molecule has 2 N–H and O–H groups in total. The lowest BCUT2D eigenvalue weighted by Gasteiger charge is -2.30. The molecule has 110 valence electrons. The molecule has 1 aromatic carbocycles. The maximum atomic E-state index is 6.58. The highest BCUT2D eigenvalue weighted by Gasteiger charge is 2.31. The monoisotopic (exact) mass is 281 g/mol. The molecule has 2 heterocycles. The van der Waals surface area contributed by atoms with Gasteiger partial charge in [0.05, 0.1) is 24.3 Å². The van der Waals surface area contributed by atoms with Crippen LogP contribution in [0.15, 0.2) is 36.8 Å². The van der Waals surface area contributed by atoms with Gasteiger partial charge in [0.1, 0.15) is 0 Å². The smallest absolute Gasteiger partial charge is 0.0956 e. The molecule has 4 rings (SSSR count). The van der Waals surface area contributed by atoms with Crippen molar-refractivity contribution in [2.45, 2.75) is 50.6 Å². The van der Waals surface area contributed by atoms with Gasteiger partial charge in [0.15, 0.2) is 0 Å². The van der Waals surface area contributed by atoms with Gasteiger partial charge in [-0.25, -0.2) is 4.98 Å². The Morgan fingerprint density at radius 1 is 1.19 bits per heavy atom. The number of rotatable bonds is 3. The first-order valence-electron chi connectivity index (χ1n) is 8.21. The van der Waals surface area contributed by atoms with Gasteiger partial charge in [0.2, 0.25) is 0 Å². The second-order valence-corrected chi connectivity index (χ2v) is 6.59. The first-order chi connectivity index (χ1) is 10.3. The van der Waals surface area contributed by atoms with Crippen LogP contribution in [0, 0.1) is 5.92 Å². The molecule has 2 atom stereocenters. The minimum atomic E-state index is 0.303. The lowest BCUT2D eigenvalue weighted by molar-refractivity contribution is 0.280. The molecule has 3 heteroatoms. The maximum absolute atomic E-state index is 6.58. The molecule has 1 aromatic heterocycles. The number of hydrogen-bond donors (Lipinski definition) is 1. The summed E-state index contributed by atoms with van der Waals surface area (Å²) >= 11 is 0. The summed E-state index contributed by atoms with van der Waals surface area (Å²) in [6, 6.07) is 9.37. The van der Waals surface area contributed by atoms with Gasteiger partial charge in [-0.15, -0.1) is 0 Å². The molecule has 1 saturated carbocycles. The summed E-state index contributed by atoms with van der Waals surface area (Å²) in [5.41, 5.74) is 10.6. The number of benzene rings is 1. The summed E-state index contributed by atoms with van der Waals surface area (Å²) in [5.74, 6) is 0.707. The van der Waals surface area contributed by atoms with Crippen LogP contribution in [0.25, 0.3) is 11.3 Å². The van der Waals surface area contributed by atoms with Crippen molar-refractivity contribution in [3.05, 3.63) is 42.4 Å². The molecule has 1 aliphatic carbocycles. The predicted octanol–water partition coefficient (Wildman–Crippen LogP) is 3.75. The highest BCUT2D eigenvalue weighted by Crippen LogP contribution is 2.42. The first-order valence-corrected chi connectivity index (χ1v) is 8.21. The van der Waals surface area contributed by atoms with Crippen molar-refractivity contribution in [1.29, 1.82) is 0 Å². The van der Waals surface area contributed by atoms with E-state index in [1.807, 2.05) is 12.5 Å². The molecule has 2 aromatic rings. The molecule has 3 nitrogen and oxygen atoms in total. The van der Waals surface area contributed by atoms with Gasteiger partial charge >= 0.3 is 0 Å². The quantitative estimate of drug-likeness (QED) is 0.931. The summed E-state index contributed by atoms with van der Waals surface area (Å²) in [7, 11) is 0. The van der Waals surface area contributed by atoms with Crippen LogP contribution in [0.2, 0.25) is 0 Å². The van der Waals surface area contributed by atoms with Crippen molar-refractivity contribution in [1.82, 2.24) is 9.55 Å². The Hall–Kier alpha value is -1.61. The predicted molar refractivity (Wildman–Crippen MR) is 85.0 cm³/mol. The van der Waals surface area contributed by atoms with Gasteiger partial charge < -0.3 is 10.3 Å². The van der Waals surface area contributed by atoms with Crippen LogP contribution in [-0.4, -0.2) is 15.6 Å². The highest BCUT2D eigenvalue weighted by molar-refractivity contribution is 5.68. The molecule has 0 unspecified atom stereocenters. The molecule has 1 fully saturated rings. The van der Waals surface area contributed by atoms with Crippen LogP contribution >= 0.6 is 0 Å². The maximum Gasteiger partial charge on any atom is 0.0956 e. The number of aromatic nitrogens is 2. The molecule has 2 aliphatic rings. The van der Waals surface area contributed by atoms with Crippen LogP contribution in [0.4, 0.5) is 0 Å². The number of hydrogen-bond acceptors (Lipinski definition) is 2. The third-order valence-corrected chi connectivity index (χ3v) is 5.35. The summed E-state index contributed by atoms with van der Waals surface area (Å²) in [6.45, 7) is 0. The molecule has 1 aliphatic heterocycles. The number of nitrogens with two attached hydrogens (primary N) is 1. The standard InChI is InChI=1S/C18H23N3/c19-16(13-6-2-1-3-7-13)10-17-14-8-4-5-9-15(14)18-11-20-12-21(17)18/h4-5,8-9,11-13,16-17H,1-3,6-7,10,19H2/t16-,17+/m0/s1. The van der Waals surface area contributed by atoms with Crippen LogP contribution in [0.3, 0.4) is 0 Å². The van der Waals surface area contributed by atoms with Gasteiger partial charge in [-0.3, -0.25) is 0 Å². The van der Waals surface area contributed by atoms with Crippen molar-refractivity contribution in [2.24, 2.45) is 11.7 Å². The van der Waals surface area contributed by atoms with Gasteiger partial charge in [0.25, 0.3) is 0 Å². The van der Waals surface area contributed by atoms with E-state index in [2.05, 4.69) is 33.8 Å². The van der Waals surface area contributed by atoms with E-state index < -0.39 is 0 Å². The second kappa shape index (κ2) is 5.30. The first kappa shape index (κ1) is 13.1. The lowest BCUT2D eigenvalue weighted by atomic mass is 9.81. The van der Waals surface area contributed by atoms with Crippen molar-refractivity contribution in [3.63, 3.8) is 0 Å². The third-order valence-electron chi connectivity index (χ3n) is 5.35. The highest BCUT2D eigenvalue weighted by atomic mass is 15.1. The number of fused-ring (bicyclic) bond motifs is 3. The summed E-state index contributed by atoms with van der Waals surface area (Å²) in [5, 5.41) is 0. The molecule has 0 amide bonds. The van der Waals surface area contributed by atoms with E-state index in [1.165, 1.54) is 48.9 Å². The topological polar surface area (TPSA) is 43.8 Å². The Morgan fingerprint density at radius 2 is 2.00 bits per heavy atom. The van der Waals surface area contributed by atoms with E-state index in [0.29, 0.717) is 18.0 Å². The Labute approximate surface area is 126 Å². The summed E-state index contributed by atoms with van der Waals surface area (Å²) < 4.78 is 2.31. The van der Waals surface area contributed by atoms with Crippen molar-refractivity contribution in [2.75, 3.05) is 0 Å². The average molecular weight is 281 g/mol. The van der Waals surface area contributed by atoms with E-state index in [1.54, 1.807) is 0 Å². The second-order valence-electron chi connectivity index (χ2n) is 6.59. The number of nitrogens with zero attached hydrogens (tertiary/aromatic N) is 2. The zero-order valence-corrected chi connectivity index (χ0v) is 12.4. The minimum Gasteiger partial charge on any atom is -0.327 e. The fraction of sp³-hybridized carbons (Fsp3) is 0.500. The molecule has 0 radical (unpaired) electrons. The fourth-order valence-corrected chi connectivity index (χ4v) is 4.19. The van der Waals surface area contributed by atoms with Gasteiger partial charge in [-0.2, -0.15) is 0 Å². The molecule has 21 heavy (non-hydrogen) atoms. The third kappa shape index (κ3) is 2.20. The van der Waals surface area contributed by atoms with Crippen LogP contribution in [0.5, 0.6) is 0 Å². The molecule has 0 spiro atoms. The summed E-state index contributed by atoms with van der Waals surface area (Å²) in [6.07, 6.45) is 11.7. The lowest BCUT2D eigenvalue weighted by Crippen LogP contribution is -2.34. The van der Waals surface area contributed by atoms with Gasteiger partial charge in [-0.1, -0.05) is 43.5 Å². The van der Waals surface area contributed by atoms with Crippen molar-refractivity contribution in [3.8, 4) is 11.3 Å². The fourth-order valence-electron chi connectivity index (χ4n) is 4.19. The normalized spacial score (nSPS) is 22.8. The van der Waals surface area contributed by atoms with E-state index in [-0.39, 0.29) is 0 Å². The van der Waals surface area contributed by atoms with Crippen molar-refractivity contribution < 1.29 is 0 Å². The average Bonchev–Trinajstić information content (AvgIpc) is 3.11. The Bertz CT molecular complexity index is 625.